The smallest absolute Gasteiger partial charge is 0.415 e. The number of fused-ring (bicyclic) bond motifs is 8. The van der Waals surface area contributed by atoms with Crippen molar-refractivity contribution in [2.45, 2.75) is 81.3 Å². The molecule has 15 heteroatoms. The lowest BCUT2D eigenvalue weighted by molar-refractivity contribution is -0.120. The van der Waals surface area contributed by atoms with Crippen LogP contribution in [0, 0.1) is 36.8 Å². The molecule has 3 saturated carbocycles. The number of nitrogens with one attached hydrogen (secondary N) is 3. The van der Waals surface area contributed by atoms with Crippen LogP contribution < -0.4 is 25.8 Å². The lowest BCUT2D eigenvalue weighted by atomic mass is 9.98. The van der Waals surface area contributed by atoms with Gasteiger partial charge < -0.3 is 35.1 Å². The first-order valence-electron chi connectivity index (χ1n) is 22.2. The lowest BCUT2D eigenvalue weighted by Crippen LogP contribution is -2.40. The van der Waals surface area contributed by atoms with Crippen molar-refractivity contribution in [1.29, 1.82) is 0 Å². The number of anilines is 2. The van der Waals surface area contributed by atoms with Crippen molar-refractivity contribution < 1.29 is 28.7 Å². The summed E-state index contributed by atoms with van der Waals surface area (Å²) in [5.41, 5.74) is 8.94. The molecule has 2 aromatic heterocycles. The molecule has 324 valence electrons. The van der Waals surface area contributed by atoms with Gasteiger partial charge >= 0.3 is 12.2 Å². The number of aromatic nitrogens is 2. The minimum Gasteiger partial charge on any atom is -0.442 e. The molecule has 0 radical (unpaired) electrons. The second kappa shape index (κ2) is 14.9. The van der Waals surface area contributed by atoms with Crippen LogP contribution in [0.1, 0.15) is 55.6 Å². The number of ether oxygens (including phenoxy) is 2. The van der Waals surface area contributed by atoms with Gasteiger partial charge in [0, 0.05) is 50.5 Å². The minimum atomic E-state index is -0.449. The van der Waals surface area contributed by atoms with Gasteiger partial charge in [0.05, 0.1) is 60.2 Å². The molecule has 10 atom stereocenters. The van der Waals surface area contributed by atoms with Crippen molar-refractivity contribution in [3.63, 3.8) is 0 Å². The van der Waals surface area contributed by atoms with Gasteiger partial charge in [-0.15, -0.1) is 0 Å². The third-order valence-corrected chi connectivity index (χ3v) is 15.2. The Labute approximate surface area is 370 Å². The Morgan fingerprint density at radius 2 is 1.12 bits per heavy atom. The lowest BCUT2D eigenvalue weighted by Gasteiger charge is -2.16. The van der Waals surface area contributed by atoms with E-state index >= 15 is 0 Å². The number of cyclic esters (lactones) is 2. The molecule has 0 spiro atoms. The van der Waals surface area contributed by atoms with Crippen molar-refractivity contribution in [3.8, 4) is 22.3 Å². The number of nitrogens with zero attached hydrogens (tertiary/aromatic N) is 6. The third kappa shape index (κ3) is 6.08. The molecule has 8 aliphatic rings. The molecular weight excluding hydrogens is 811 g/mol. The van der Waals surface area contributed by atoms with E-state index in [9.17, 15) is 19.2 Å². The summed E-state index contributed by atoms with van der Waals surface area (Å²) in [6, 6.07) is 20.1. The fourth-order valence-electron chi connectivity index (χ4n) is 12.0. The highest BCUT2D eigenvalue weighted by molar-refractivity contribution is 5.95. The molecule has 4 amide bonds. The van der Waals surface area contributed by atoms with Gasteiger partial charge in [-0.05, 0) is 84.3 Å². The van der Waals surface area contributed by atoms with Crippen LogP contribution in [0.15, 0.2) is 73.1 Å². The van der Waals surface area contributed by atoms with E-state index in [0.717, 1.165) is 82.1 Å². The Balaban J connectivity index is 0.000000143. The zero-order chi connectivity index (χ0) is 44.1. The van der Waals surface area contributed by atoms with Crippen LogP contribution in [-0.2, 0) is 43.0 Å². The Morgan fingerprint density at radius 3 is 1.53 bits per heavy atom. The van der Waals surface area contributed by atoms with Crippen molar-refractivity contribution in [1.82, 2.24) is 25.9 Å². The summed E-state index contributed by atoms with van der Waals surface area (Å²) in [5, 5.41) is 8.85. The zero-order valence-electron chi connectivity index (χ0n) is 35.5. The number of pyridine rings is 2. The van der Waals surface area contributed by atoms with Crippen LogP contribution >= 0.6 is 0 Å². The quantitative estimate of drug-likeness (QED) is 0.187. The van der Waals surface area contributed by atoms with E-state index in [1.54, 1.807) is 9.80 Å². The van der Waals surface area contributed by atoms with Gasteiger partial charge in [0.25, 0.3) is 11.1 Å². The van der Waals surface area contributed by atoms with Crippen molar-refractivity contribution in [2.75, 3.05) is 36.0 Å². The molecule has 5 aliphatic heterocycles. The molecule has 3 saturated heterocycles. The first kappa shape index (κ1) is 40.0. The fraction of sp³-hybridized carbons (Fsp3) is 0.429. The highest BCUT2D eigenvalue weighted by atomic mass is 16.6. The number of carbonyl (C=O) groups excluding carboxylic acids is 4. The van der Waals surface area contributed by atoms with E-state index in [0.29, 0.717) is 49.6 Å². The van der Waals surface area contributed by atoms with Gasteiger partial charge in [-0.2, -0.15) is 0 Å². The van der Waals surface area contributed by atoms with Gasteiger partial charge in [-0.1, -0.05) is 30.7 Å². The molecule has 64 heavy (non-hydrogen) atoms. The number of carbonyl (C=O) groups is 4. The molecule has 12 rings (SSSR count). The molecule has 4 aromatic rings. The number of hydrogen-bond acceptors (Lipinski definition) is 9. The highest BCUT2D eigenvalue weighted by Gasteiger charge is 2.77. The number of benzene rings is 2. The molecule has 0 bridgehead atoms. The molecule has 3 aliphatic carbocycles. The average molecular weight is 858 g/mol. The summed E-state index contributed by atoms with van der Waals surface area (Å²) >= 11 is 0. The van der Waals surface area contributed by atoms with Crippen LogP contribution in [0.3, 0.4) is 0 Å². The molecule has 15 nitrogen and oxygen atoms in total. The summed E-state index contributed by atoms with van der Waals surface area (Å²) in [5.74, 6) is 1.44. The number of amides is 4. The second-order valence-corrected chi connectivity index (χ2v) is 18.4. The van der Waals surface area contributed by atoms with E-state index in [4.69, 9.17) is 32.6 Å². The number of rotatable bonds is 8. The van der Waals surface area contributed by atoms with E-state index in [-0.39, 0.29) is 53.8 Å². The Morgan fingerprint density at radius 1 is 0.688 bits per heavy atom. The normalized spacial score (nSPS) is 31.4. The van der Waals surface area contributed by atoms with Crippen LogP contribution in [0.4, 0.5) is 21.0 Å². The molecule has 2 unspecified atom stereocenters. The van der Waals surface area contributed by atoms with Gasteiger partial charge in [0.1, 0.15) is 23.6 Å². The Bertz CT molecular complexity index is 2500. The summed E-state index contributed by atoms with van der Waals surface area (Å²) in [4.78, 5) is 68.2. The van der Waals surface area contributed by atoms with Gasteiger partial charge in [-0.3, -0.25) is 29.4 Å². The number of hydrogen-bond donors (Lipinski definition) is 3. The topological polar surface area (TPSA) is 164 Å². The predicted octanol–water partition coefficient (Wildman–Crippen LogP) is 5.78. The summed E-state index contributed by atoms with van der Waals surface area (Å²) in [7, 11) is 0. The maximum atomic E-state index is 12.4. The molecule has 3 N–H and O–H groups in total. The first-order valence-corrected chi connectivity index (χ1v) is 22.2. The standard InChI is InChI=1S/C25H24N4O3.C24H23N5O3/c1-14(30)27-13-22-21-11-17-10-15(6-8-20(17)29(21)24(31)32-22)16-7-9-23(28-12-16)25(26-2)18-4-3-5-19(18)25;1-13(30)27-12-21-20-8-16-7-14(3-5-19(16)29(20)23(31)32-21)15-4-6-22(28-9-15)24(25-2)17-10-26-11-18(17)24/h6-10,12,18-19,21-22H,3-5,11,13H2,1H3,(H,27,30);3-7,9,17-18,20-21,26H,8,10-12H2,1H3,(H,27,30)/t18-,19+,21-,22-,25?;17-,18+,20-,21-,24?/m00/s1. The van der Waals surface area contributed by atoms with Crippen LogP contribution in [-0.4, -0.2) is 84.4 Å². The van der Waals surface area contributed by atoms with Crippen LogP contribution in [0.2, 0.25) is 0 Å². The van der Waals surface area contributed by atoms with Gasteiger partial charge in [0.15, 0.2) is 0 Å². The molecular formula is C49H47N9O6. The van der Waals surface area contributed by atoms with E-state index < -0.39 is 5.54 Å². The zero-order valence-corrected chi connectivity index (χ0v) is 35.5. The second-order valence-electron chi connectivity index (χ2n) is 18.4. The predicted molar refractivity (Wildman–Crippen MR) is 234 cm³/mol. The molecule has 6 fully saturated rings. The van der Waals surface area contributed by atoms with Crippen LogP contribution in [0.5, 0.6) is 0 Å². The van der Waals surface area contributed by atoms with Gasteiger partial charge in [-0.25, -0.2) is 22.7 Å². The van der Waals surface area contributed by atoms with Gasteiger partial charge in [0.2, 0.25) is 11.8 Å². The largest absolute Gasteiger partial charge is 0.442 e. The summed E-state index contributed by atoms with van der Waals surface area (Å²) < 4.78 is 11.0. The van der Waals surface area contributed by atoms with Crippen molar-refractivity contribution in [2.24, 2.45) is 23.7 Å². The molecule has 7 heterocycles. The first-order chi connectivity index (χ1) is 31.0. The summed E-state index contributed by atoms with van der Waals surface area (Å²) in [6.45, 7) is 20.8. The highest BCUT2D eigenvalue weighted by Crippen LogP contribution is 2.68. The van der Waals surface area contributed by atoms with E-state index in [1.807, 2.05) is 54.9 Å². The van der Waals surface area contributed by atoms with E-state index in [2.05, 4.69) is 43.8 Å². The third-order valence-electron chi connectivity index (χ3n) is 15.2. The maximum Gasteiger partial charge on any atom is 0.415 e. The Kier molecular flexibility index (Phi) is 9.29. The van der Waals surface area contributed by atoms with Crippen molar-refractivity contribution in [3.05, 3.63) is 118 Å². The number of piperidine rings is 1. The minimum absolute atomic E-state index is 0.104. The van der Waals surface area contributed by atoms with Crippen LogP contribution in [0.25, 0.3) is 31.9 Å². The Hall–Kier alpha value is -6.84. The summed E-state index contributed by atoms with van der Waals surface area (Å²) in [6.07, 6.45) is 7.19. The van der Waals surface area contributed by atoms with Crippen molar-refractivity contribution >= 4 is 35.4 Å². The monoisotopic (exact) mass is 857 g/mol. The fourth-order valence-corrected chi connectivity index (χ4v) is 12.0. The average Bonchev–Trinajstić information content (AvgIpc) is 3.85. The maximum absolute atomic E-state index is 12.4. The van der Waals surface area contributed by atoms with E-state index in [1.165, 1.54) is 20.3 Å². The molecule has 2 aromatic carbocycles. The SMILES string of the molecule is [C-]#[N+]C1(c2ccc(-c3ccc4c(c3)C[C@H]3[C@H](CNC(C)=O)OC(=O)N43)cn2)[C@@H]2CCC[C@@H]21.[C-]#[N+]C1(c2ccc(-c3ccc4c(c3)C[C@H]3[C@H](CNC(C)=O)OC(=O)N43)cn2)[C@@H]2CNC[C@@H]21.